The Bertz CT molecular complexity index is 83.6. The van der Waals surface area contributed by atoms with Crippen molar-refractivity contribution in [3.63, 3.8) is 0 Å². The summed E-state index contributed by atoms with van der Waals surface area (Å²) in [4.78, 5) is 0. The summed E-state index contributed by atoms with van der Waals surface area (Å²) in [6, 6.07) is 1.14. The molecule has 0 saturated carbocycles. The Hall–Kier alpha value is -0.0800. The summed E-state index contributed by atoms with van der Waals surface area (Å²) in [7, 11) is 3.70. The third-order valence-electron chi connectivity index (χ3n) is 2.31. The molecule has 0 aromatic heterocycles. The highest BCUT2D eigenvalue weighted by molar-refractivity contribution is 4.67. The average molecular weight is 157 g/mol. The molecule has 1 radical (unpaired) electrons. The second kappa shape index (κ2) is 5.56. The minimum atomic E-state index is 0.572. The lowest BCUT2D eigenvalue weighted by molar-refractivity contribution is 0.101. The molecule has 0 aliphatic carbocycles. The van der Waals surface area contributed by atoms with Gasteiger partial charge in [0.25, 0.3) is 0 Å². The monoisotopic (exact) mass is 157 g/mol. The fraction of sp³-hybridized carbons (Fsp3) is 0.889. The summed E-state index contributed by atoms with van der Waals surface area (Å²) >= 11 is 0. The van der Waals surface area contributed by atoms with Crippen LogP contribution in [0, 0.1) is 7.05 Å². The lowest BCUT2D eigenvalue weighted by Crippen LogP contribution is -2.46. The van der Waals surface area contributed by atoms with Crippen LogP contribution < -0.4 is 5.43 Å². The number of nitrogens with zero attached hydrogens (tertiary/aromatic N) is 1. The molecule has 0 aromatic carbocycles. The number of hydrazine groups is 1. The Balaban J connectivity index is 3.92. The van der Waals surface area contributed by atoms with E-state index >= 15 is 0 Å². The van der Waals surface area contributed by atoms with E-state index in [0.29, 0.717) is 12.1 Å². The van der Waals surface area contributed by atoms with Gasteiger partial charge in [0, 0.05) is 19.1 Å². The molecule has 0 amide bonds. The highest BCUT2D eigenvalue weighted by atomic mass is 15.5. The van der Waals surface area contributed by atoms with Gasteiger partial charge in [0.05, 0.1) is 0 Å². The van der Waals surface area contributed by atoms with Crippen LogP contribution in [-0.4, -0.2) is 17.1 Å². The molecule has 0 rings (SSSR count). The molecule has 0 saturated heterocycles. The fourth-order valence-electron chi connectivity index (χ4n) is 1.14. The first-order valence-electron chi connectivity index (χ1n) is 4.48. The molecule has 2 heteroatoms. The maximum absolute atomic E-state index is 3.70. The third-order valence-corrected chi connectivity index (χ3v) is 2.31. The van der Waals surface area contributed by atoms with Crippen molar-refractivity contribution in [3.8, 4) is 0 Å². The molecule has 0 aliphatic heterocycles. The van der Waals surface area contributed by atoms with Crippen molar-refractivity contribution < 1.29 is 0 Å². The van der Waals surface area contributed by atoms with Crippen molar-refractivity contribution in [2.24, 2.45) is 0 Å². The summed E-state index contributed by atoms with van der Waals surface area (Å²) in [6.45, 7) is 8.81. The van der Waals surface area contributed by atoms with Gasteiger partial charge in [-0.3, -0.25) is 5.43 Å². The second-order valence-electron chi connectivity index (χ2n) is 3.08. The van der Waals surface area contributed by atoms with Crippen molar-refractivity contribution >= 4 is 0 Å². The molecule has 0 spiro atoms. The van der Waals surface area contributed by atoms with Crippen LogP contribution in [0.25, 0.3) is 0 Å². The number of hydrogen-bond donors (Lipinski definition) is 1. The molecule has 0 aliphatic rings. The Morgan fingerprint density at radius 3 is 1.73 bits per heavy atom. The number of nitrogens with one attached hydrogen (secondary N) is 1. The maximum Gasteiger partial charge on any atom is 0.0242 e. The van der Waals surface area contributed by atoms with Crippen LogP contribution in [-0.2, 0) is 0 Å². The quantitative estimate of drug-likeness (QED) is 0.615. The van der Waals surface area contributed by atoms with E-state index in [0.717, 1.165) is 12.8 Å². The van der Waals surface area contributed by atoms with Gasteiger partial charge in [-0.1, -0.05) is 13.8 Å². The fourth-order valence-corrected chi connectivity index (χ4v) is 1.14. The van der Waals surface area contributed by atoms with E-state index in [-0.39, 0.29) is 0 Å². The molecule has 2 nitrogen and oxygen atoms in total. The van der Waals surface area contributed by atoms with Crippen molar-refractivity contribution in [3.05, 3.63) is 7.05 Å². The van der Waals surface area contributed by atoms with Gasteiger partial charge in [-0.25, -0.2) is 5.01 Å². The number of hydrogen-bond acceptors (Lipinski definition) is 2. The van der Waals surface area contributed by atoms with E-state index in [1.165, 1.54) is 0 Å². The largest absolute Gasteiger partial charge is 0.253 e. The summed E-state index contributed by atoms with van der Waals surface area (Å²) < 4.78 is 0. The van der Waals surface area contributed by atoms with Crippen LogP contribution in [0.15, 0.2) is 0 Å². The Morgan fingerprint density at radius 2 is 1.55 bits per heavy atom. The van der Waals surface area contributed by atoms with Crippen molar-refractivity contribution in [2.45, 2.75) is 52.6 Å². The zero-order valence-corrected chi connectivity index (χ0v) is 8.22. The summed E-state index contributed by atoms with van der Waals surface area (Å²) in [6.07, 6.45) is 2.32. The van der Waals surface area contributed by atoms with E-state index in [4.69, 9.17) is 0 Å². The minimum absolute atomic E-state index is 0.572. The molecule has 67 valence electrons. The van der Waals surface area contributed by atoms with Crippen molar-refractivity contribution in [1.29, 1.82) is 0 Å². The van der Waals surface area contributed by atoms with Crippen LogP contribution in [0.4, 0.5) is 0 Å². The number of rotatable bonds is 5. The minimum Gasteiger partial charge on any atom is -0.253 e. The zero-order valence-electron chi connectivity index (χ0n) is 8.22. The third kappa shape index (κ3) is 3.21. The van der Waals surface area contributed by atoms with E-state index in [2.05, 4.69) is 45.2 Å². The predicted octanol–water partition coefficient (Wildman–Crippen LogP) is 2.18. The Morgan fingerprint density at radius 1 is 1.18 bits per heavy atom. The summed E-state index contributed by atoms with van der Waals surface area (Å²) in [5.74, 6) is 0. The van der Waals surface area contributed by atoms with E-state index in [1.807, 2.05) is 0 Å². The van der Waals surface area contributed by atoms with Gasteiger partial charge in [-0.2, -0.15) is 0 Å². The zero-order chi connectivity index (χ0) is 8.85. The van der Waals surface area contributed by atoms with Crippen LogP contribution in [0.1, 0.15) is 40.5 Å². The standard InChI is InChI=1S/C9H21N2/c1-6-8(3)11(10-5)9(4)7-2/h8-10H,5-7H2,1-4H3. The van der Waals surface area contributed by atoms with Crippen LogP contribution >= 0.6 is 0 Å². The van der Waals surface area contributed by atoms with Gasteiger partial charge >= 0.3 is 0 Å². The first-order valence-corrected chi connectivity index (χ1v) is 4.48. The van der Waals surface area contributed by atoms with Crippen molar-refractivity contribution in [2.75, 3.05) is 0 Å². The lowest BCUT2D eigenvalue weighted by Gasteiger charge is -2.32. The molecule has 2 atom stereocenters. The van der Waals surface area contributed by atoms with E-state index < -0.39 is 0 Å². The van der Waals surface area contributed by atoms with Crippen molar-refractivity contribution in [1.82, 2.24) is 10.4 Å². The van der Waals surface area contributed by atoms with E-state index in [1.54, 1.807) is 0 Å². The molecule has 0 fully saturated rings. The van der Waals surface area contributed by atoms with Crippen LogP contribution in [0.2, 0.25) is 0 Å². The molecule has 0 bridgehead atoms. The smallest absolute Gasteiger partial charge is 0.0242 e. The normalized spacial score (nSPS) is 16.9. The van der Waals surface area contributed by atoms with Gasteiger partial charge in [-0.05, 0) is 26.7 Å². The van der Waals surface area contributed by atoms with Gasteiger partial charge in [0.2, 0.25) is 0 Å². The van der Waals surface area contributed by atoms with Gasteiger partial charge in [0.15, 0.2) is 0 Å². The lowest BCUT2D eigenvalue weighted by atomic mass is 10.2. The summed E-state index contributed by atoms with van der Waals surface area (Å²) in [5.41, 5.74) is 2.99. The molecular weight excluding hydrogens is 136 g/mol. The first kappa shape index (κ1) is 10.9. The predicted molar refractivity (Wildman–Crippen MR) is 49.8 cm³/mol. The summed E-state index contributed by atoms with van der Waals surface area (Å²) in [5, 5.41) is 2.21. The topological polar surface area (TPSA) is 15.3 Å². The Labute approximate surface area is 70.9 Å². The average Bonchev–Trinajstić information content (AvgIpc) is 2.05. The first-order chi connectivity index (χ1) is 5.17. The van der Waals surface area contributed by atoms with Gasteiger partial charge in [0.1, 0.15) is 0 Å². The highest BCUT2D eigenvalue weighted by Gasteiger charge is 2.14. The maximum atomic E-state index is 3.70. The van der Waals surface area contributed by atoms with Gasteiger partial charge < -0.3 is 0 Å². The molecule has 11 heavy (non-hydrogen) atoms. The highest BCUT2D eigenvalue weighted by Crippen LogP contribution is 2.07. The Kier molecular flexibility index (Phi) is 5.51. The molecule has 0 aromatic rings. The van der Waals surface area contributed by atoms with E-state index in [9.17, 15) is 0 Å². The molecule has 0 heterocycles. The molecular formula is C9H21N2. The van der Waals surface area contributed by atoms with Crippen LogP contribution in [0.3, 0.4) is 0 Å². The molecule has 2 unspecified atom stereocenters. The molecule has 1 N–H and O–H groups in total. The van der Waals surface area contributed by atoms with Gasteiger partial charge in [-0.15, -0.1) is 0 Å². The van der Waals surface area contributed by atoms with Crippen LogP contribution in [0.5, 0.6) is 0 Å². The SMILES string of the molecule is [CH2]NN(C(C)CC)C(C)CC. The second-order valence-corrected chi connectivity index (χ2v) is 3.08.